The average Bonchev–Trinajstić information content (AvgIpc) is 2.07. The zero-order chi connectivity index (χ0) is 7.23. The molecule has 1 heterocycles. The molecule has 0 aliphatic carbocycles. The van der Waals surface area contributed by atoms with E-state index in [4.69, 9.17) is 10.2 Å². The Morgan fingerprint density at radius 3 is 2.11 bits per heavy atom. The highest BCUT2D eigenvalue weighted by molar-refractivity contribution is 7.57. The molecule has 1 saturated heterocycles. The summed E-state index contributed by atoms with van der Waals surface area (Å²) in [6, 6.07) is 0. The van der Waals surface area contributed by atoms with Crippen LogP contribution in [0.1, 0.15) is 6.92 Å². The SMILES string of the molecule is CC1(O)C(C(=O)O)[P+]1=O. The summed E-state index contributed by atoms with van der Waals surface area (Å²) >= 11 is 0. The molecular formula is C4H6O4P+. The maximum atomic E-state index is 10.5. The molecule has 0 amide bonds. The monoisotopic (exact) mass is 149 g/mol. The van der Waals surface area contributed by atoms with Crippen LogP contribution in [0.5, 0.6) is 0 Å². The second-order valence-electron chi connectivity index (χ2n) is 2.16. The zero-order valence-corrected chi connectivity index (χ0v) is 5.63. The fourth-order valence-corrected chi connectivity index (χ4v) is 1.84. The third-order valence-electron chi connectivity index (χ3n) is 1.36. The van der Waals surface area contributed by atoms with Crippen LogP contribution in [0, 0.1) is 0 Å². The van der Waals surface area contributed by atoms with Crippen molar-refractivity contribution >= 4 is 13.8 Å². The normalized spacial score (nSPS) is 44.7. The summed E-state index contributed by atoms with van der Waals surface area (Å²) in [4.78, 5) is 10.0. The van der Waals surface area contributed by atoms with Crippen molar-refractivity contribution < 1.29 is 19.6 Å². The molecule has 1 rings (SSSR count). The predicted molar refractivity (Wildman–Crippen MR) is 29.7 cm³/mol. The number of carboxylic acid groups (broad SMARTS) is 1. The van der Waals surface area contributed by atoms with Gasteiger partial charge in [-0.05, 0) is 0 Å². The number of hydrogen-bond acceptors (Lipinski definition) is 3. The molecule has 5 heteroatoms. The van der Waals surface area contributed by atoms with Gasteiger partial charge in [-0.1, -0.05) is 4.57 Å². The molecule has 1 aliphatic heterocycles. The van der Waals surface area contributed by atoms with Crippen LogP contribution in [0.15, 0.2) is 0 Å². The van der Waals surface area contributed by atoms with Crippen molar-refractivity contribution in [2.75, 3.05) is 0 Å². The molecule has 0 radical (unpaired) electrons. The van der Waals surface area contributed by atoms with E-state index < -0.39 is 24.8 Å². The summed E-state index contributed by atoms with van der Waals surface area (Å²) in [5.41, 5.74) is -1.03. The Morgan fingerprint density at radius 2 is 2.11 bits per heavy atom. The number of carboxylic acids is 1. The molecular weight excluding hydrogens is 143 g/mol. The van der Waals surface area contributed by atoms with Crippen LogP contribution in [-0.4, -0.2) is 27.2 Å². The van der Waals surface area contributed by atoms with E-state index in [2.05, 4.69) is 0 Å². The molecule has 0 aromatic rings. The Bertz CT molecular complexity index is 185. The van der Waals surface area contributed by atoms with Gasteiger partial charge in [0.05, 0.1) is 0 Å². The number of hydrogen-bond donors (Lipinski definition) is 2. The lowest BCUT2D eigenvalue weighted by Gasteiger charge is -1.79. The minimum absolute atomic E-state index is 1.03. The van der Waals surface area contributed by atoms with Gasteiger partial charge in [0.1, 0.15) is 0 Å². The predicted octanol–water partition coefficient (Wildman–Crippen LogP) is -0.0109. The molecule has 3 atom stereocenters. The van der Waals surface area contributed by atoms with Crippen molar-refractivity contribution in [1.29, 1.82) is 0 Å². The number of aliphatic hydroxyl groups is 1. The van der Waals surface area contributed by atoms with E-state index in [9.17, 15) is 9.36 Å². The average molecular weight is 149 g/mol. The lowest BCUT2D eigenvalue weighted by Crippen LogP contribution is -2.15. The Balaban J connectivity index is 2.74. The summed E-state index contributed by atoms with van der Waals surface area (Å²) in [5, 5.41) is 15.6. The van der Waals surface area contributed by atoms with Crippen molar-refractivity contribution in [2.45, 2.75) is 17.9 Å². The molecule has 0 spiro atoms. The topological polar surface area (TPSA) is 74.6 Å². The van der Waals surface area contributed by atoms with Crippen molar-refractivity contribution in [1.82, 2.24) is 0 Å². The Kier molecular flexibility index (Phi) is 1.12. The highest BCUT2D eigenvalue weighted by Crippen LogP contribution is 2.64. The van der Waals surface area contributed by atoms with Crippen molar-refractivity contribution in [3.8, 4) is 0 Å². The minimum Gasteiger partial charge on any atom is -0.478 e. The highest BCUT2D eigenvalue weighted by atomic mass is 31.1. The van der Waals surface area contributed by atoms with Gasteiger partial charge in [-0.15, -0.1) is 0 Å². The molecule has 4 nitrogen and oxygen atoms in total. The lowest BCUT2D eigenvalue weighted by atomic mass is 10.3. The van der Waals surface area contributed by atoms with Gasteiger partial charge in [-0.25, -0.2) is 4.79 Å². The van der Waals surface area contributed by atoms with Gasteiger partial charge < -0.3 is 10.2 Å². The van der Waals surface area contributed by atoms with Crippen LogP contribution in [0.25, 0.3) is 0 Å². The van der Waals surface area contributed by atoms with Gasteiger partial charge in [-0.2, -0.15) is 0 Å². The maximum Gasteiger partial charge on any atom is 0.401 e. The maximum absolute atomic E-state index is 10.5. The van der Waals surface area contributed by atoms with Crippen molar-refractivity contribution in [3.63, 3.8) is 0 Å². The van der Waals surface area contributed by atoms with Crippen LogP contribution < -0.4 is 0 Å². The van der Waals surface area contributed by atoms with E-state index in [0.29, 0.717) is 0 Å². The van der Waals surface area contributed by atoms with Crippen LogP contribution in [0.4, 0.5) is 0 Å². The van der Waals surface area contributed by atoms with Gasteiger partial charge in [0.15, 0.2) is 0 Å². The zero-order valence-electron chi connectivity index (χ0n) is 4.74. The first-order valence-corrected chi connectivity index (χ1v) is 3.72. The summed E-state index contributed by atoms with van der Waals surface area (Å²) in [5.74, 6) is -1.18. The smallest absolute Gasteiger partial charge is 0.401 e. The molecule has 50 valence electrons. The highest BCUT2D eigenvalue weighted by Gasteiger charge is 2.81. The molecule has 3 unspecified atom stereocenters. The summed E-state index contributed by atoms with van der Waals surface area (Å²) < 4.78 is 10.5. The Hall–Kier alpha value is -0.470. The van der Waals surface area contributed by atoms with Crippen LogP contribution in [0.3, 0.4) is 0 Å². The fourth-order valence-electron chi connectivity index (χ4n) is 0.685. The molecule has 2 N–H and O–H groups in total. The third kappa shape index (κ3) is 0.749. The Labute approximate surface area is 52.3 Å². The summed E-state index contributed by atoms with van der Waals surface area (Å²) in [6.07, 6.45) is 0. The number of rotatable bonds is 1. The number of carbonyl (C=O) groups is 1. The van der Waals surface area contributed by atoms with E-state index in [1.54, 1.807) is 0 Å². The summed E-state index contributed by atoms with van der Waals surface area (Å²) in [6.45, 7) is 1.27. The molecule has 0 saturated carbocycles. The van der Waals surface area contributed by atoms with E-state index in [1.807, 2.05) is 0 Å². The quantitative estimate of drug-likeness (QED) is 0.514. The lowest BCUT2D eigenvalue weighted by molar-refractivity contribution is -0.137. The number of aliphatic carboxylic acids is 1. The van der Waals surface area contributed by atoms with E-state index in [1.165, 1.54) is 6.92 Å². The largest absolute Gasteiger partial charge is 0.478 e. The molecule has 0 aromatic heterocycles. The Morgan fingerprint density at radius 1 is 1.78 bits per heavy atom. The fraction of sp³-hybridized carbons (Fsp3) is 0.750. The first-order chi connectivity index (χ1) is 3.98. The van der Waals surface area contributed by atoms with Crippen molar-refractivity contribution in [2.24, 2.45) is 0 Å². The first kappa shape index (κ1) is 6.65. The van der Waals surface area contributed by atoms with E-state index in [0.717, 1.165) is 0 Å². The molecule has 0 bridgehead atoms. The molecule has 0 aromatic carbocycles. The molecule has 9 heavy (non-hydrogen) atoms. The van der Waals surface area contributed by atoms with E-state index in [-0.39, 0.29) is 0 Å². The van der Waals surface area contributed by atoms with Crippen LogP contribution >= 0.6 is 7.80 Å². The van der Waals surface area contributed by atoms with Crippen molar-refractivity contribution in [3.05, 3.63) is 0 Å². The molecule has 1 aliphatic rings. The minimum atomic E-state index is -1.91. The second kappa shape index (κ2) is 1.52. The van der Waals surface area contributed by atoms with Gasteiger partial charge in [-0.3, -0.25) is 0 Å². The van der Waals surface area contributed by atoms with Gasteiger partial charge in [0, 0.05) is 6.92 Å². The first-order valence-electron chi connectivity index (χ1n) is 2.39. The van der Waals surface area contributed by atoms with Gasteiger partial charge in [0.2, 0.25) is 0 Å². The molecule has 1 fully saturated rings. The second-order valence-corrected chi connectivity index (χ2v) is 4.23. The summed E-state index contributed by atoms with van der Waals surface area (Å²) in [7, 11) is -1.91. The standard InChI is InChI=1S/C4H5O4P/c1-4(7)2(3(5)6)9(4)8/h2,7H,1H3/p+1. The van der Waals surface area contributed by atoms with Gasteiger partial charge in [0.25, 0.3) is 0 Å². The third-order valence-corrected chi connectivity index (χ3v) is 3.43. The van der Waals surface area contributed by atoms with Gasteiger partial charge >= 0.3 is 24.8 Å². The van der Waals surface area contributed by atoms with Crippen LogP contribution in [-0.2, 0) is 9.36 Å². The van der Waals surface area contributed by atoms with E-state index >= 15 is 0 Å². The van der Waals surface area contributed by atoms with Crippen LogP contribution in [0.2, 0.25) is 0 Å².